The van der Waals surface area contributed by atoms with E-state index in [1.807, 2.05) is 57.2 Å². The summed E-state index contributed by atoms with van der Waals surface area (Å²) in [4.78, 5) is 12.9. The van der Waals surface area contributed by atoms with Crippen molar-refractivity contribution < 1.29 is 18.4 Å². The smallest absolute Gasteiger partial charge is 0.340 e. The number of hydrogen-bond donors (Lipinski definition) is 0. The Balaban J connectivity index is 2.40. The van der Waals surface area contributed by atoms with Crippen LogP contribution in [0.2, 0.25) is 26.2 Å². The first-order chi connectivity index (χ1) is 14.3. The lowest BCUT2D eigenvalue weighted by molar-refractivity contribution is -0.142. The predicted octanol–water partition coefficient (Wildman–Crippen LogP) is 5.07. The summed E-state index contributed by atoms with van der Waals surface area (Å²) >= 11 is 0. The van der Waals surface area contributed by atoms with Crippen LogP contribution in [0.25, 0.3) is 0 Å². The molecule has 0 amide bonds. The maximum Gasteiger partial charge on any atom is 0.340 e. The number of rotatable bonds is 8. The van der Waals surface area contributed by atoms with Crippen LogP contribution in [0.3, 0.4) is 0 Å². The highest BCUT2D eigenvalue weighted by Gasteiger charge is 2.35. The first-order valence-corrected chi connectivity index (χ1v) is 16.5. The highest BCUT2D eigenvalue weighted by molar-refractivity contribution is 6.85. The Labute approximate surface area is 189 Å². The molecule has 0 spiro atoms. The molecule has 0 aliphatic carbocycles. The van der Waals surface area contributed by atoms with Crippen LogP contribution in [0.4, 0.5) is 0 Å². The van der Waals surface area contributed by atoms with Gasteiger partial charge in [-0.2, -0.15) is 0 Å². The molecule has 0 unspecified atom stereocenters. The Morgan fingerprint density at radius 3 is 1.52 bits per heavy atom. The van der Waals surface area contributed by atoms with Crippen LogP contribution in [0.5, 0.6) is 0 Å². The molecule has 0 fully saturated rings. The summed E-state index contributed by atoms with van der Waals surface area (Å²) in [6, 6.07) is 20.3. The molecule has 0 aliphatic rings. The molecule has 0 heterocycles. The number of esters is 1. The van der Waals surface area contributed by atoms with Gasteiger partial charge in [0.25, 0.3) is 22.6 Å². The molecule has 168 valence electrons. The molecule has 4 nitrogen and oxygen atoms in total. The summed E-state index contributed by atoms with van der Waals surface area (Å²) in [5, 5.41) is 2.26. The molecular weight excluding hydrogens is 420 g/mol. The number of ether oxygens (including phenoxy) is 1. The van der Waals surface area contributed by atoms with Crippen molar-refractivity contribution in [2.24, 2.45) is 5.41 Å². The third kappa shape index (κ3) is 7.40. The Kier molecular flexibility index (Phi) is 7.95. The van der Waals surface area contributed by atoms with Crippen molar-refractivity contribution in [3.8, 4) is 0 Å². The molecule has 0 radical (unpaired) electrons. The number of carbonyl (C=O) groups excluding carboxylic acids is 1. The molecule has 0 aliphatic heterocycles. The zero-order chi connectivity index (χ0) is 23.3. The molecule has 0 bridgehead atoms. The number of benzene rings is 2. The molecule has 2 aromatic rings. The van der Waals surface area contributed by atoms with Crippen LogP contribution in [0, 0.1) is 5.41 Å². The lowest BCUT2D eigenvalue weighted by Crippen LogP contribution is -2.49. The molecule has 31 heavy (non-hydrogen) atoms. The van der Waals surface area contributed by atoms with Crippen LogP contribution in [0.1, 0.15) is 27.7 Å². The summed E-state index contributed by atoms with van der Waals surface area (Å²) in [6.45, 7) is 16.6. The van der Waals surface area contributed by atoms with Gasteiger partial charge in [0.1, 0.15) is 5.57 Å². The van der Waals surface area contributed by atoms with Gasteiger partial charge >= 0.3 is 5.97 Å². The second kappa shape index (κ2) is 9.87. The van der Waals surface area contributed by atoms with E-state index in [0.29, 0.717) is 18.1 Å². The van der Waals surface area contributed by atoms with Crippen molar-refractivity contribution in [1.29, 1.82) is 0 Å². The van der Waals surface area contributed by atoms with Gasteiger partial charge in [-0.05, 0) is 48.9 Å². The molecule has 0 atom stereocenters. The third-order valence-electron chi connectivity index (χ3n) is 4.88. The lowest BCUT2D eigenvalue weighted by Gasteiger charge is -2.32. The van der Waals surface area contributed by atoms with E-state index in [4.69, 9.17) is 13.6 Å². The van der Waals surface area contributed by atoms with Crippen molar-refractivity contribution in [3.05, 3.63) is 72.2 Å². The normalized spacial score (nSPS) is 12.1. The third-order valence-corrected chi connectivity index (χ3v) is 9.72. The van der Waals surface area contributed by atoms with Gasteiger partial charge in [0.05, 0.1) is 6.61 Å². The summed E-state index contributed by atoms with van der Waals surface area (Å²) < 4.78 is 18.6. The minimum atomic E-state index is -2.38. The predicted molar refractivity (Wildman–Crippen MR) is 132 cm³/mol. The van der Waals surface area contributed by atoms with Crippen molar-refractivity contribution in [2.75, 3.05) is 6.61 Å². The summed E-state index contributed by atoms with van der Waals surface area (Å²) in [7, 11) is -4.76. The van der Waals surface area contributed by atoms with Crippen LogP contribution in [0.15, 0.2) is 72.2 Å². The fourth-order valence-electron chi connectivity index (χ4n) is 2.91. The minimum Gasteiger partial charge on any atom is -0.515 e. The first kappa shape index (κ1) is 24.9. The van der Waals surface area contributed by atoms with E-state index >= 15 is 0 Å². The average Bonchev–Trinajstić information content (AvgIpc) is 2.71. The van der Waals surface area contributed by atoms with Gasteiger partial charge in [0.15, 0.2) is 0 Å². The fourth-order valence-corrected chi connectivity index (χ4v) is 6.53. The van der Waals surface area contributed by atoms with E-state index in [0.717, 1.165) is 10.4 Å². The topological polar surface area (TPSA) is 44.8 Å². The first-order valence-electron chi connectivity index (χ1n) is 10.7. The quantitative estimate of drug-likeness (QED) is 0.241. The van der Waals surface area contributed by atoms with E-state index < -0.39 is 22.6 Å². The molecule has 0 aromatic heterocycles. The van der Waals surface area contributed by atoms with E-state index in [2.05, 4.69) is 50.5 Å². The van der Waals surface area contributed by atoms with Gasteiger partial charge in [-0.1, -0.05) is 81.4 Å². The van der Waals surface area contributed by atoms with Crippen LogP contribution < -0.4 is 10.4 Å². The van der Waals surface area contributed by atoms with E-state index in [1.54, 1.807) is 6.92 Å². The van der Waals surface area contributed by atoms with E-state index in [-0.39, 0.29) is 5.41 Å². The van der Waals surface area contributed by atoms with Crippen molar-refractivity contribution in [3.63, 3.8) is 0 Å². The molecule has 6 heteroatoms. The van der Waals surface area contributed by atoms with Gasteiger partial charge in [-0.25, -0.2) is 4.79 Å². The van der Waals surface area contributed by atoms with E-state index in [1.165, 1.54) is 0 Å². The maximum atomic E-state index is 12.9. The van der Waals surface area contributed by atoms with E-state index in [9.17, 15) is 4.79 Å². The Morgan fingerprint density at radius 2 is 1.16 bits per heavy atom. The maximum absolute atomic E-state index is 12.9. The van der Waals surface area contributed by atoms with Gasteiger partial charge in [0.2, 0.25) is 0 Å². The molecular formula is C25H36O4Si2. The van der Waals surface area contributed by atoms with Gasteiger partial charge in [0, 0.05) is 0 Å². The van der Waals surface area contributed by atoms with Crippen LogP contribution >= 0.6 is 0 Å². The van der Waals surface area contributed by atoms with Gasteiger partial charge in [-0.3, -0.25) is 0 Å². The Bertz CT molecular complexity index is 843. The highest BCUT2D eigenvalue weighted by atomic mass is 28.4. The average molecular weight is 457 g/mol. The number of carbonyl (C=O) groups is 1. The van der Waals surface area contributed by atoms with Crippen molar-refractivity contribution in [2.45, 2.75) is 53.9 Å². The highest BCUT2D eigenvalue weighted by Crippen LogP contribution is 2.23. The molecule has 2 aromatic carbocycles. The van der Waals surface area contributed by atoms with Gasteiger partial charge in [-0.15, -0.1) is 0 Å². The summed E-state index contributed by atoms with van der Waals surface area (Å²) in [5.74, 6) is -0.111. The second-order valence-electron chi connectivity index (χ2n) is 10.0. The number of hydrogen-bond acceptors (Lipinski definition) is 4. The van der Waals surface area contributed by atoms with Gasteiger partial charge < -0.3 is 13.6 Å². The fraction of sp³-hybridized carbons (Fsp3) is 0.400. The SMILES string of the molecule is CC(C(=O)OCC(C)(C)C)=C(O[Si](C)(C)c1ccccc1)O[Si](C)(C)c1ccccc1. The molecule has 0 saturated carbocycles. The monoisotopic (exact) mass is 456 g/mol. The zero-order valence-electron chi connectivity index (χ0n) is 20.1. The molecule has 0 saturated heterocycles. The van der Waals surface area contributed by atoms with Crippen LogP contribution in [-0.2, 0) is 18.4 Å². The summed E-state index contributed by atoms with van der Waals surface area (Å²) in [5.41, 5.74) is 0.255. The lowest BCUT2D eigenvalue weighted by atomic mass is 9.99. The molecule has 2 rings (SSSR count). The van der Waals surface area contributed by atoms with Crippen LogP contribution in [-0.4, -0.2) is 29.2 Å². The molecule has 0 N–H and O–H groups in total. The van der Waals surface area contributed by atoms with Crippen molar-refractivity contribution >= 4 is 33.0 Å². The largest absolute Gasteiger partial charge is 0.515 e. The second-order valence-corrected chi connectivity index (χ2v) is 17.6. The Hall–Kier alpha value is -2.32. The standard InChI is InChI=1S/C25H36O4Si2/c1-20(23(26)27-19-25(2,3)4)24(28-30(5,6)21-15-11-9-12-16-21)29-31(7,8)22-17-13-10-14-18-22/h9-18H,19H2,1-8H3. The minimum absolute atomic E-state index is 0.117. The summed E-state index contributed by atoms with van der Waals surface area (Å²) in [6.07, 6.45) is 0. The zero-order valence-corrected chi connectivity index (χ0v) is 22.1. The Morgan fingerprint density at radius 1 is 0.774 bits per heavy atom. The van der Waals surface area contributed by atoms with Crippen molar-refractivity contribution in [1.82, 2.24) is 0 Å².